The van der Waals surface area contributed by atoms with Crippen LogP contribution in [-0.2, 0) is 0 Å². The summed E-state index contributed by atoms with van der Waals surface area (Å²) in [6.07, 6.45) is 0. The van der Waals surface area contributed by atoms with E-state index in [4.69, 9.17) is 27.7 Å². The topological polar surface area (TPSA) is 70.0 Å². The lowest BCUT2D eigenvalue weighted by Crippen LogP contribution is -2.14. The van der Waals surface area contributed by atoms with Gasteiger partial charge in [-0.1, -0.05) is 17.7 Å². The molecule has 0 fully saturated rings. The third kappa shape index (κ3) is 2.19. The van der Waals surface area contributed by atoms with Crippen LogP contribution in [0, 0.1) is 11.3 Å². The van der Waals surface area contributed by atoms with Gasteiger partial charge in [-0.3, -0.25) is 0 Å². The van der Waals surface area contributed by atoms with Crippen molar-refractivity contribution in [1.82, 2.24) is 0 Å². The lowest BCUT2D eigenvalue weighted by atomic mass is 10.1. The maximum Gasteiger partial charge on any atom is 0.0992 e. The highest BCUT2D eigenvalue weighted by Crippen LogP contribution is 2.22. The summed E-state index contributed by atoms with van der Waals surface area (Å²) in [4.78, 5) is 0. The van der Waals surface area contributed by atoms with Gasteiger partial charge in [-0.05, 0) is 17.7 Å². The summed E-state index contributed by atoms with van der Waals surface area (Å²) < 4.78 is 0. The molecule has 0 unspecified atom stereocenters. The first kappa shape index (κ1) is 10.0. The number of rotatable bonds is 2. The first-order chi connectivity index (χ1) is 6.19. The Hall–Kier alpha value is -1.08. The highest BCUT2D eigenvalue weighted by molar-refractivity contribution is 6.31. The van der Waals surface area contributed by atoms with Crippen molar-refractivity contribution >= 4 is 11.6 Å². The van der Waals surface area contributed by atoms with E-state index >= 15 is 0 Å². The van der Waals surface area contributed by atoms with Crippen LogP contribution in [0.25, 0.3) is 0 Å². The summed E-state index contributed by atoms with van der Waals surface area (Å²) in [6, 6.07) is 6.29. The largest absolute Gasteiger partial charge is 0.394 e. The van der Waals surface area contributed by atoms with E-state index in [1.54, 1.807) is 12.1 Å². The molecule has 0 radical (unpaired) electrons. The van der Waals surface area contributed by atoms with E-state index in [-0.39, 0.29) is 6.61 Å². The average Bonchev–Trinajstić information content (AvgIpc) is 2.16. The van der Waals surface area contributed by atoms with Gasteiger partial charge in [0.25, 0.3) is 0 Å². The fourth-order valence-electron chi connectivity index (χ4n) is 0.996. The highest BCUT2D eigenvalue weighted by Gasteiger charge is 2.08. The van der Waals surface area contributed by atoms with Gasteiger partial charge in [-0.2, -0.15) is 5.26 Å². The van der Waals surface area contributed by atoms with E-state index in [0.29, 0.717) is 16.1 Å². The monoisotopic (exact) mass is 196 g/mol. The Labute approximate surface area is 81.4 Å². The van der Waals surface area contributed by atoms with Crippen LogP contribution in [0.15, 0.2) is 18.2 Å². The van der Waals surface area contributed by atoms with Gasteiger partial charge in [0.05, 0.1) is 24.3 Å². The minimum Gasteiger partial charge on any atom is -0.394 e. The molecule has 1 aromatic carbocycles. The molecule has 0 bridgehead atoms. The quantitative estimate of drug-likeness (QED) is 0.747. The van der Waals surface area contributed by atoms with Crippen LogP contribution in [0.4, 0.5) is 0 Å². The van der Waals surface area contributed by atoms with E-state index in [9.17, 15) is 0 Å². The summed E-state index contributed by atoms with van der Waals surface area (Å²) in [5.41, 5.74) is 6.71. The zero-order valence-electron chi connectivity index (χ0n) is 6.87. The second-order valence-corrected chi connectivity index (χ2v) is 3.04. The van der Waals surface area contributed by atoms with Gasteiger partial charge in [0.2, 0.25) is 0 Å². The summed E-state index contributed by atoms with van der Waals surface area (Å²) in [5, 5.41) is 17.8. The molecule has 0 heterocycles. The summed E-state index contributed by atoms with van der Waals surface area (Å²) in [6.45, 7) is -0.161. The zero-order chi connectivity index (χ0) is 9.84. The fraction of sp³-hybridized carbons (Fsp3) is 0.222. The maximum atomic E-state index is 8.79. The molecule has 0 saturated heterocycles. The third-order valence-electron chi connectivity index (χ3n) is 1.73. The molecular weight excluding hydrogens is 188 g/mol. The van der Waals surface area contributed by atoms with Crippen molar-refractivity contribution < 1.29 is 5.11 Å². The lowest BCUT2D eigenvalue weighted by Gasteiger charge is -2.10. The number of benzene rings is 1. The molecule has 4 heteroatoms. The van der Waals surface area contributed by atoms with E-state index < -0.39 is 6.04 Å². The first-order valence-electron chi connectivity index (χ1n) is 3.75. The molecule has 3 N–H and O–H groups in total. The van der Waals surface area contributed by atoms with E-state index in [1.807, 2.05) is 6.07 Å². The first-order valence-corrected chi connectivity index (χ1v) is 4.13. The number of hydrogen-bond acceptors (Lipinski definition) is 3. The molecule has 0 saturated carbocycles. The number of halogens is 1. The Balaban J connectivity index is 3.07. The second-order valence-electron chi connectivity index (χ2n) is 2.64. The van der Waals surface area contributed by atoms with Crippen LogP contribution >= 0.6 is 11.6 Å². The molecule has 0 aliphatic rings. The number of nitrogens with two attached hydrogens (primary N) is 1. The Morgan fingerprint density at radius 1 is 1.62 bits per heavy atom. The van der Waals surface area contributed by atoms with Crippen LogP contribution in [-0.4, -0.2) is 11.7 Å². The normalized spacial score (nSPS) is 12.2. The number of nitriles is 1. The van der Waals surface area contributed by atoms with E-state index in [1.165, 1.54) is 6.07 Å². The SMILES string of the molecule is N#Cc1ccc([C@H](N)CO)c(Cl)c1. The molecule has 1 aromatic rings. The van der Waals surface area contributed by atoms with Gasteiger partial charge >= 0.3 is 0 Å². The predicted molar refractivity (Wildman–Crippen MR) is 50.2 cm³/mol. The molecule has 0 aliphatic carbocycles. The Bertz CT molecular complexity index is 346. The van der Waals surface area contributed by atoms with Crippen molar-refractivity contribution in [2.75, 3.05) is 6.61 Å². The molecule has 3 nitrogen and oxygen atoms in total. The van der Waals surface area contributed by atoms with Gasteiger partial charge in [-0.25, -0.2) is 0 Å². The average molecular weight is 197 g/mol. The Morgan fingerprint density at radius 3 is 2.77 bits per heavy atom. The van der Waals surface area contributed by atoms with Gasteiger partial charge in [-0.15, -0.1) is 0 Å². The fourth-order valence-corrected chi connectivity index (χ4v) is 1.32. The van der Waals surface area contributed by atoms with Crippen molar-refractivity contribution in [1.29, 1.82) is 5.26 Å². The summed E-state index contributed by atoms with van der Waals surface area (Å²) in [7, 11) is 0. The van der Waals surface area contributed by atoms with E-state index in [0.717, 1.165) is 0 Å². The Kier molecular flexibility index (Phi) is 3.26. The number of aliphatic hydroxyl groups excluding tert-OH is 1. The van der Waals surface area contributed by atoms with Crippen LogP contribution in [0.1, 0.15) is 17.2 Å². The van der Waals surface area contributed by atoms with Gasteiger partial charge in [0.1, 0.15) is 0 Å². The number of hydrogen-bond donors (Lipinski definition) is 2. The standard InChI is InChI=1S/C9H9ClN2O/c10-8-3-6(4-11)1-2-7(8)9(12)5-13/h1-3,9,13H,5,12H2/t9-/m1/s1. The molecule has 0 aromatic heterocycles. The second kappa shape index (κ2) is 4.24. The third-order valence-corrected chi connectivity index (χ3v) is 2.05. The van der Waals surface area contributed by atoms with Crippen molar-refractivity contribution in [2.45, 2.75) is 6.04 Å². The molecule has 1 atom stereocenters. The highest BCUT2D eigenvalue weighted by atomic mass is 35.5. The lowest BCUT2D eigenvalue weighted by molar-refractivity contribution is 0.268. The van der Waals surface area contributed by atoms with Crippen molar-refractivity contribution in [3.8, 4) is 6.07 Å². The molecular formula is C9H9ClN2O. The van der Waals surface area contributed by atoms with Gasteiger partial charge < -0.3 is 10.8 Å². The minimum absolute atomic E-state index is 0.161. The number of nitrogens with zero attached hydrogens (tertiary/aromatic N) is 1. The minimum atomic E-state index is -0.486. The van der Waals surface area contributed by atoms with Crippen molar-refractivity contribution in [3.05, 3.63) is 34.3 Å². The summed E-state index contributed by atoms with van der Waals surface area (Å²) in [5.74, 6) is 0. The van der Waals surface area contributed by atoms with Crippen LogP contribution in [0.2, 0.25) is 5.02 Å². The smallest absolute Gasteiger partial charge is 0.0992 e. The Morgan fingerprint density at radius 2 is 2.31 bits per heavy atom. The molecule has 68 valence electrons. The molecule has 13 heavy (non-hydrogen) atoms. The van der Waals surface area contributed by atoms with E-state index in [2.05, 4.69) is 0 Å². The van der Waals surface area contributed by atoms with Crippen LogP contribution in [0.5, 0.6) is 0 Å². The van der Waals surface area contributed by atoms with Crippen LogP contribution < -0.4 is 5.73 Å². The molecule has 0 amide bonds. The summed E-state index contributed by atoms with van der Waals surface area (Å²) >= 11 is 5.84. The molecule has 1 rings (SSSR count). The maximum absolute atomic E-state index is 8.79. The number of aliphatic hydroxyl groups is 1. The molecule has 0 aliphatic heterocycles. The van der Waals surface area contributed by atoms with Gasteiger partial charge in [0.15, 0.2) is 0 Å². The molecule has 0 spiro atoms. The van der Waals surface area contributed by atoms with Gasteiger partial charge in [0, 0.05) is 5.02 Å². The van der Waals surface area contributed by atoms with Crippen molar-refractivity contribution in [2.24, 2.45) is 5.73 Å². The zero-order valence-corrected chi connectivity index (χ0v) is 7.62. The van der Waals surface area contributed by atoms with Crippen LogP contribution in [0.3, 0.4) is 0 Å². The predicted octanol–water partition coefficient (Wildman–Crippen LogP) is 1.20. The van der Waals surface area contributed by atoms with Crippen molar-refractivity contribution in [3.63, 3.8) is 0 Å².